The van der Waals surface area contributed by atoms with E-state index in [1.54, 1.807) is 7.11 Å². The highest BCUT2D eigenvalue weighted by molar-refractivity contribution is 5.82. The Bertz CT molecular complexity index is 965. The number of ether oxygens (including phenoxy) is 4. The summed E-state index contributed by atoms with van der Waals surface area (Å²) in [6, 6.07) is 9.88. The molecule has 0 radical (unpaired) electrons. The van der Waals surface area contributed by atoms with E-state index in [0.717, 1.165) is 40.1 Å². The molecule has 2 aromatic rings. The third-order valence-electron chi connectivity index (χ3n) is 6.20. The van der Waals surface area contributed by atoms with Crippen LogP contribution >= 0.6 is 0 Å². The molecule has 0 amide bonds. The second kappa shape index (κ2) is 8.42. The van der Waals surface area contributed by atoms with E-state index in [1.807, 2.05) is 38.1 Å². The molecule has 0 N–H and O–H groups in total. The predicted octanol–water partition coefficient (Wildman–Crippen LogP) is 4.09. The third kappa shape index (κ3) is 4.35. The van der Waals surface area contributed by atoms with Crippen LogP contribution in [0, 0.1) is 0 Å². The zero-order valence-corrected chi connectivity index (χ0v) is 19.1. The first-order chi connectivity index (χ1) is 14.8. The maximum absolute atomic E-state index is 13.1. The van der Waals surface area contributed by atoms with Gasteiger partial charge < -0.3 is 23.4 Å². The van der Waals surface area contributed by atoms with Crippen molar-refractivity contribution in [1.29, 1.82) is 0 Å². The lowest BCUT2D eigenvalue weighted by molar-refractivity contribution is -0.922. The molecule has 0 aliphatic carbocycles. The second-order valence-corrected chi connectivity index (χ2v) is 9.21. The van der Waals surface area contributed by atoms with Crippen LogP contribution in [0.4, 0.5) is 0 Å². The Morgan fingerprint density at radius 1 is 1.19 bits per heavy atom. The number of carbonyl (C=O) groups is 1. The van der Waals surface area contributed by atoms with E-state index in [-0.39, 0.29) is 24.7 Å². The van der Waals surface area contributed by atoms with E-state index in [0.29, 0.717) is 24.3 Å². The predicted molar refractivity (Wildman–Crippen MR) is 118 cm³/mol. The molecule has 0 spiro atoms. The Kier molecular flexibility index (Phi) is 5.84. The van der Waals surface area contributed by atoms with Crippen molar-refractivity contribution >= 4 is 5.78 Å². The van der Waals surface area contributed by atoms with Crippen molar-refractivity contribution in [2.75, 3.05) is 34.5 Å². The van der Waals surface area contributed by atoms with Gasteiger partial charge in [0.1, 0.15) is 17.6 Å². The molecule has 0 bridgehead atoms. The molecule has 0 saturated carbocycles. The average molecular weight is 427 g/mol. The highest BCUT2D eigenvalue weighted by Gasteiger charge is 2.42. The topological polar surface area (TPSA) is 54.0 Å². The van der Waals surface area contributed by atoms with Crippen molar-refractivity contribution in [2.45, 2.75) is 45.3 Å². The Labute approximate surface area is 184 Å². The molecule has 0 fully saturated rings. The Balaban J connectivity index is 1.57. The van der Waals surface area contributed by atoms with Gasteiger partial charge in [0.2, 0.25) is 12.5 Å². The summed E-state index contributed by atoms with van der Waals surface area (Å²) in [5.41, 5.74) is 3.27. The van der Waals surface area contributed by atoms with Gasteiger partial charge in [-0.15, -0.1) is 0 Å². The molecular formula is C25H32NO5+. The summed E-state index contributed by atoms with van der Waals surface area (Å²) in [6.45, 7) is 5.16. The minimum absolute atomic E-state index is 0.00393. The number of quaternary nitrogens is 1. The molecule has 166 valence electrons. The number of benzene rings is 2. The molecule has 2 aromatic carbocycles. The molecule has 2 aliphatic rings. The summed E-state index contributed by atoms with van der Waals surface area (Å²) in [5.74, 6) is 3.13. The molecule has 6 heteroatoms. The quantitative estimate of drug-likeness (QED) is 0.625. The van der Waals surface area contributed by atoms with Gasteiger partial charge in [-0.2, -0.15) is 0 Å². The first-order valence-electron chi connectivity index (χ1n) is 10.9. The second-order valence-electron chi connectivity index (χ2n) is 9.21. The molecule has 6 nitrogen and oxygen atoms in total. The lowest BCUT2D eigenvalue weighted by Crippen LogP contribution is -2.48. The van der Waals surface area contributed by atoms with Crippen LogP contribution in [0.25, 0.3) is 0 Å². The van der Waals surface area contributed by atoms with Gasteiger partial charge in [-0.05, 0) is 43.2 Å². The van der Waals surface area contributed by atoms with E-state index < -0.39 is 0 Å². The number of Topliss-reactive ketones (excluding diaryl/α,β-unsaturated/α-hetero) is 1. The third-order valence-corrected chi connectivity index (χ3v) is 6.20. The van der Waals surface area contributed by atoms with Crippen LogP contribution < -0.4 is 18.9 Å². The van der Waals surface area contributed by atoms with Gasteiger partial charge in [0.25, 0.3) is 0 Å². The van der Waals surface area contributed by atoms with Gasteiger partial charge in [0.15, 0.2) is 11.5 Å². The number of carbonyl (C=O) groups excluding carboxylic acids is 1. The molecule has 0 saturated heterocycles. The van der Waals surface area contributed by atoms with Crippen LogP contribution in [0.15, 0.2) is 30.3 Å². The van der Waals surface area contributed by atoms with Gasteiger partial charge in [0, 0.05) is 12.8 Å². The molecule has 31 heavy (non-hydrogen) atoms. The Morgan fingerprint density at radius 2 is 1.94 bits per heavy atom. The van der Waals surface area contributed by atoms with Crippen molar-refractivity contribution in [1.82, 2.24) is 0 Å². The van der Waals surface area contributed by atoms with Crippen LogP contribution in [0.2, 0.25) is 0 Å². The first-order valence-corrected chi connectivity index (χ1v) is 10.9. The fraction of sp³-hybridized carbons (Fsp3) is 0.480. The van der Waals surface area contributed by atoms with E-state index >= 15 is 0 Å². The van der Waals surface area contributed by atoms with E-state index in [9.17, 15) is 4.79 Å². The van der Waals surface area contributed by atoms with Gasteiger partial charge in [-0.1, -0.05) is 12.1 Å². The van der Waals surface area contributed by atoms with E-state index in [4.69, 9.17) is 18.9 Å². The number of fused-ring (bicyclic) bond motifs is 2. The first kappa shape index (κ1) is 21.5. The number of rotatable bonds is 7. The van der Waals surface area contributed by atoms with Crippen molar-refractivity contribution < 1.29 is 28.2 Å². The molecule has 0 aromatic heterocycles. The number of nitrogens with zero attached hydrogens (tertiary/aromatic N) is 1. The van der Waals surface area contributed by atoms with E-state index in [2.05, 4.69) is 20.2 Å². The molecule has 2 heterocycles. The van der Waals surface area contributed by atoms with Gasteiger partial charge in [-0.3, -0.25) is 4.79 Å². The molecular weight excluding hydrogens is 394 g/mol. The fourth-order valence-corrected chi connectivity index (χ4v) is 4.59. The largest absolute Gasteiger partial charge is 0.492 e. The van der Waals surface area contributed by atoms with Crippen LogP contribution in [0.3, 0.4) is 0 Å². The smallest absolute Gasteiger partial charge is 0.231 e. The molecule has 1 atom stereocenters. The van der Waals surface area contributed by atoms with Crippen LogP contribution in [0.5, 0.6) is 23.0 Å². The van der Waals surface area contributed by atoms with Crippen LogP contribution in [-0.2, 0) is 17.6 Å². The monoisotopic (exact) mass is 426 g/mol. The number of likely N-dealkylation sites (N-methyl/N-ethyl adjacent to an activating group) is 1. The molecule has 0 unspecified atom stereocenters. The average Bonchev–Trinajstić information content (AvgIpc) is 3.18. The van der Waals surface area contributed by atoms with Crippen molar-refractivity contribution in [2.24, 2.45) is 0 Å². The van der Waals surface area contributed by atoms with Gasteiger partial charge >= 0.3 is 0 Å². The van der Waals surface area contributed by atoms with E-state index in [1.165, 1.54) is 5.56 Å². The normalized spacial score (nSPS) is 18.6. The summed E-state index contributed by atoms with van der Waals surface area (Å²) in [5, 5.41) is 0. The van der Waals surface area contributed by atoms with Gasteiger partial charge in [0.05, 0.1) is 45.8 Å². The minimum Gasteiger partial charge on any atom is -0.492 e. The van der Waals surface area contributed by atoms with Gasteiger partial charge in [-0.25, -0.2) is 0 Å². The highest BCUT2D eigenvalue weighted by Crippen LogP contribution is 2.51. The number of ketones is 1. The lowest BCUT2D eigenvalue weighted by atomic mass is 9.86. The van der Waals surface area contributed by atoms with Crippen LogP contribution in [-0.4, -0.2) is 50.9 Å². The SMILES string of the molecule is COc1c2c(cc3c1[C@H](CC(=O)Cc1ccc(OC(C)C)cc1)[N+](C)(C)CC3)OCO2. The number of methoxy groups -OCH3 is 1. The minimum atomic E-state index is 0.00393. The maximum Gasteiger partial charge on any atom is 0.231 e. The Morgan fingerprint density at radius 3 is 2.61 bits per heavy atom. The van der Waals surface area contributed by atoms with Crippen LogP contribution in [0.1, 0.15) is 43.0 Å². The summed E-state index contributed by atoms with van der Waals surface area (Å²) < 4.78 is 23.5. The summed E-state index contributed by atoms with van der Waals surface area (Å²) in [6.07, 6.45) is 1.89. The standard InChI is InChI=1S/C25H32NO5/c1-16(2)31-20-8-6-17(7-9-20)12-19(27)14-21-23-18(10-11-26(21,3)4)13-22-24(25(23)28-5)30-15-29-22/h6-9,13,16,21H,10-12,14-15H2,1-5H3/q+1/t21-/m0/s1. The van der Waals surface area contributed by atoms with Crippen molar-refractivity contribution in [3.8, 4) is 23.0 Å². The Hall–Kier alpha value is -2.73. The highest BCUT2D eigenvalue weighted by atomic mass is 16.7. The summed E-state index contributed by atoms with van der Waals surface area (Å²) in [7, 11) is 6.03. The number of hydrogen-bond donors (Lipinski definition) is 0. The fourth-order valence-electron chi connectivity index (χ4n) is 4.59. The summed E-state index contributed by atoms with van der Waals surface area (Å²) in [4.78, 5) is 13.1. The molecule has 4 rings (SSSR count). The van der Waals surface area contributed by atoms with Crippen molar-refractivity contribution in [3.63, 3.8) is 0 Å². The zero-order valence-electron chi connectivity index (χ0n) is 19.1. The van der Waals surface area contributed by atoms with Crippen molar-refractivity contribution in [3.05, 3.63) is 47.0 Å². The number of hydrogen-bond acceptors (Lipinski definition) is 5. The summed E-state index contributed by atoms with van der Waals surface area (Å²) >= 11 is 0. The molecule has 2 aliphatic heterocycles. The zero-order chi connectivity index (χ0) is 22.2. The maximum atomic E-state index is 13.1. The lowest BCUT2D eigenvalue weighted by Gasteiger charge is -2.43.